The third-order valence-corrected chi connectivity index (χ3v) is 2.87. The third kappa shape index (κ3) is 3.81. The van der Waals surface area contributed by atoms with Crippen LogP contribution in [0.5, 0.6) is 0 Å². The maximum Gasteiger partial charge on any atom is 0.0904 e. The molecular formula is C12H24N2O. The zero-order valence-corrected chi connectivity index (χ0v) is 10.6. The van der Waals surface area contributed by atoms with Crippen molar-refractivity contribution >= 4 is 0 Å². The van der Waals surface area contributed by atoms with Crippen LogP contribution in [-0.4, -0.2) is 34.7 Å². The van der Waals surface area contributed by atoms with Gasteiger partial charge in [-0.2, -0.15) is 5.26 Å². The quantitative estimate of drug-likeness (QED) is 0.723. The van der Waals surface area contributed by atoms with Crippen LogP contribution in [0, 0.1) is 17.2 Å². The highest BCUT2D eigenvalue weighted by molar-refractivity contribution is 5.01. The van der Waals surface area contributed by atoms with Crippen LogP contribution in [0.2, 0.25) is 0 Å². The van der Waals surface area contributed by atoms with E-state index in [4.69, 9.17) is 5.26 Å². The molecule has 0 amide bonds. The Hall–Kier alpha value is -0.590. The summed E-state index contributed by atoms with van der Waals surface area (Å²) < 4.78 is 0. The molecule has 0 aromatic rings. The summed E-state index contributed by atoms with van der Waals surface area (Å²) in [5.74, 6) is -0.206. The molecule has 1 fully saturated rings. The van der Waals surface area contributed by atoms with E-state index in [-0.39, 0.29) is 5.92 Å². The Morgan fingerprint density at radius 1 is 1.47 bits per heavy atom. The maximum absolute atomic E-state index is 9.99. The van der Waals surface area contributed by atoms with E-state index < -0.39 is 5.60 Å². The van der Waals surface area contributed by atoms with Gasteiger partial charge in [0.25, 0.3) is 0 Å². The van der Waals surface area contributed by atoms with Crippen molar-refractivity contribution in [1.82, 2.24) is 4.90 Å². The molecule has 0 aromatic carbocycles. The lowest BCUT2D eigenvalue weighted by atomic mass is 9.83. The fourth-order valence-corrected chi connectivity index (χ4v) is 1.85. The molecule has 1 heterocycles. The fourth-order valence-electron chi connectivity index (χ4n) is 1.85. The molecule has 15 heavy (non-hydrogen) atoms. The van der Waals surface area contributed by atoms with Gasteiger partial charge in [0.05, 0.1) is 17.6 Å². The van der Waals surface area contributed by atoms with E-state index in [1.165, 1.54) is 0 Å². The third-order valence-electron chi connectivity index (χ3n) is 2.87. The molecule has 3 nitrogen and oxygen atoms in total. The number of hydrogen-bond donors (Lipinski definition) is 1. The molecule has 2 unspecified atom stereocenters. The van der Waals surface area contributed by atoms with Crippen LogP contribution in [0.25, 0.3) is 0 Å². The first-order valence-electron chi connectivity index (χ1n) is 5.83. The normalized spacial score (nSPS) is 31.7. The molecule has 0 spiro atoms. The van der Waals surface area contributed by atoms with Gasteiger partial charge in [0.1, 0.15) is 0 Å². The molecule has 0 aromatic heterocycles. The van der Waals surface area contributed by atoms with Gasteiger partial charge < -0.3 is 5.11 Å². The van der Waals surface area contributed by atoms with Gasteiger partial charge >= 0.3 is 0 Å². The Balaban J connectivity index is 0.000000921. The minimum absolute atomic E-state index is 0.206. The lowest BCUT2D eigenvalue weighted by molar-refractivity contribution is -0.0521. The average Bonchev–Trinajstić information content (AvgIpc) is 2.19. The van der Waals surface area contributed by atoms with Crippen molar-refractivity contribution in [3.05, 3.63) is 0 Å². The lowest BCUT2D eigenvalue weighted by Gasteiger charge is -2.41. The van der Waals surface area contributed by atoms with Crippen LogP contribution < -0.4 is 0 Å². The van der Waals surface area contributed by atoms with Crippen LogP contribution >= 0.6 is 0 Å². The predicted molar refractivity (Wildman–Crippen MR) is 62.4 cm³/mol. The predicted octanol–water partition coefficient (Wildman–Crippen LogP) is 2.02. The molecule has 0 aliphatic carbocycles. The lowest BCUT2D eigenvalue weighted by Crippen LogP contribution is -2.53. The van der Waals surface area contributed by atoms with Gasteiger partial charge in [-0.15, -0.1) is 0 Å². The van der Waals surface area contributed by atoms with Crippen molar-refractivity contribution in [2.24, 2.45) is 5.92 Å². The second-order valence-electron chi connectivity index (χ2n) is 4.39. The van der Waals surface area contributed by atoms with E-state index >= 15 is 0 Å². The van der Waals surface area contributed by atoms with Gasteiger partial charge in [-0.3, -0.25) is 4.90 Å². The molecule has 0 radical (unpaired) electrons. The molecule has 1 saturated heterocycles. The summed E-state index contributed by atoms with van der Waals surface area (Å²) in [6.07, 6.45) is 0.779. The summed E-state index contributed by atoms with van der Waals surface area (Å²) in [4.78, 5) is 2.22. The summed E-state index contributed by atoms with van der Waals surface area (Å²) in [5.41, 5.74) is -0.836. The van der Waals surface area contributed by atoms with Crippen LogP contribution in [0.4, 0.5) is 0 Å². The van der Waals surface area contributed by atoms with E-state index in [1.54, 1.807) is 6.92 Å². The van der Waals surface area contributed by atoms with Crippen molar-refractivity contribution < 1.29 is 5.11 Å². The van der Waals surface area contributed by atoms with Gasteiger partial charge in [-0.1, -0.05) is 13.8 Å². The number of β-amino-alcohol motifs (C(OH)–C–C–N with tert-alkyl or cyclic N) is 1. The first kappa shape index (κ1) is 14.4. The zero-order chi connectivity index (χ0) is 12.1. The maximum atomic E-state index is 9.99. The number of likely N-dealkylation sites (tertiary alicyclic amines) is 1. The summed E-state index contributed by atoms with van der Waals surface area (Å²) in [6.45, 7) is 11.5. The van der Waals surface area contributed by atoms with E-state index in [0.717, 1.165) is 13.0 Å². The molecule has 1 aliphatic heterocycles. The highest BCUT2D eigenvalue weighted by atomic mass is 16.3. The molecule has 1 aliphatic rings. The van der Waals surface area contributed by atoms with Gasteiger partial charge in [-0.05, 0) is 33.7 Å². The Morgan fingerprint density at radius 2 is 2.00 bits per heavy atom. The zero-order valence-electron chi connectivity index (χ0n) is 10.6. The Kier molecular flexibility index (Phi) is 5.85. The monoisotopic (exact) mass is 212 g/mol. The van der Waals surface area contributed by atoms with Crippen LogP contribution in [0.1, 0.15) is 41.0 Å². The van der Waals surface area contributed by atoms with Crippen molar-refractivity contribution in [3.8, 4) is 6.07 Å². The second-order valence-corrected chi connectivity index (χ2v) is 4.39. The smallest absolute Gasteiger partial charge is 0.0904 e. The van der Waals surface area contributed by atoms with Crippen molar-refractivity contribution in [2.75, 3.05) is 13.1 Å². The number of rotatable bonds is 1. The highest BCUT2D eigenvalue weighted by Crippen LogP contribution is 2.27. The van der Waals surface area contributed by atoms with Crippen molar-refractivity contribution in [3.63, 3.8) is 0 Å². The van der Waals surface area contributed by atoms with E-state index in [0.29, 0.717) is 12.6 Å². The van der Waals surface area contributed by atoms with Crippen LogP contribution in [0.15, 0.2) is 0 Å². The molecule has 0 saturated carbocycles. The van der Waals surface area contributed by atoms with Crippen molar-refractivity contribution in [1.29, 1.82) is 5.26 Å². The number of aliphatic hydroxyl groups is 1. The largest absolute Gasteiger partial charge is 0.387 e. The van der Waals surface area contributed by atoms with Crippen LogP contribution in [0.3, 0.4) is 0 Å². The minimum atomic E-state index is -0.836. The summed E-state index contributed by atoms with van der Waals surface area (Å²) >= 11 is 0. The summed E-state index contributed by atoms with van der Waals surface area (Å²) in [6, 6.07) is 2.63. The standard InChI is InChI=1S/C10H18N2O.C2H6/c1-8(2)12-5-4-9(6-11)10(3,13)7-12;1-2/h8-9,13H,4-5,7H2,1-3H3;1-2H3. The topological polar surface area (TPSA) is 47.3 Å². The van der Waals surface area contributed by atoms with Gasteiger partial charge in [-0.25, -0.2) is 0 Å². The number of nitrogens with zero attached hydrogens (tertiary/aromatic N) is 2. The number of piperidine rings is 1. The molecule has 2 atom stereocenters. The van der Waals surface area contributed by atoms with Crippen LogP contribution in [-0.2, 0) is 0 Å². The first-order chi connectivity index (χ1) is 6.97. The van der Waals surface area contributed by atoms with Crippen molar-refractivity contribution in [2.45, 2.75) is 52.7 Å². The van der Waals surface area contributed by atoms with Gasteiger partial charge in [0, 0.05) is 12.6 Å². The van der Waals surface area contributed by atoms with Gasteiger partial charge in [0.15, 0.2) is 0 Å². The van der Waals surface area contributed by atoms with E-state index in [1.807, 2.05) is 13.8 Å². The summed E-state index contributed by atoms with van der Waals surface area (Å²) in [5, 5.41) is 18.8. The highest BCUT2D eigenvalue weighted by Gasteiger charge is 2.38. The Bertz CT molecular complexity index is 218. The Morgan fingerprint density at radius 3 is 2.33 bits per heavy atom. The fraction of sp³-hybridized carbons (Fsp3) is 0.917. The number of nitriles is 1. The Labute approximate surface area is 93.7 Å². The number of hydrogen-bond acceptors (Lipinski definition) is 3. The van der Waals surface area contributed by atoms with Gasteiger partial charge in [0.2, 0.25) is 0 Å². The SMILES string of the molecule is CC.CC(C)N1CCC(C#N)C(C)(O)C1. The molecule has 3 heteroatoms. The second kappa shape index (κ2) is 6.09. The van der Waals surface area contributed by atoms with E-state index in [2.05, 4.69) is 24.8 Å². The first-order valence-corrected chi connectivity index (χ1v) is 5.83. The average molecular weight is 212 g/mol. The summed E-state index contributed by atoms with van der Waals surface area (Å²) in [7, 11) is 0. The molecular weight excluding hydrogens is 188 g/mol. The van der Waals surface area contributed by atoms with E-state index in [9.17, 15) is 5.11 Å². The molecule has 88 valence electrons. The molecule has 1 N–H and O–H groups in total. The molecule has 0 bridgehead atoms. The minimum Gasteiger partial charge on any atom is -0.387 e. The molecule has 1 rings (SSSR count).